The van der Waals surface area contributed by atoms with E-state index in [1.807, 2.05) is 25.3 Å². The molecule has 6 nitrogen and oxygen atoms in total. The Balaban J connectivity index is 1.86. The fraction of sp³-hybridized carbons (Fsp3) is 0.130. The third-order valence-corrected chi connectivity index (χ3v) is 5.29. The molecule has 0 spiro atoms. The molecule has 0 fully saturated rings. The van der Waals surface area contributed by atoms with E-state index in [2.05, 4.69) is 16.2 Å². The molecule has 7 heteroatoms. The van der Waals surface area contributed by atoms with Gasteiger partial charge in [-0.1, -0.05) is 30.7 Å². The second-order valence-electron chi connectivity index (χ2n) is 6.86. The van der Waals surface area contributed by atoms with Crippen LogP contribution in [-0.4, -0.2) is 19.3 Å². The zero-order valence-corrected chi connectivity index (χ0v) is 17.3. The first-order valence-corrected chi connectivity index (χ1v) is 9.79. The van der Waals surface area contributed by atoms with Crippen LogP contribution in [0.25, 0.3) is 27.9 Å². The predicted octanol–water partition coefficient (Wildman–Crippen LogP) is 4.39. The van der Waals surface area contributed by atoms with E-state index in [-0.39, 0.29) is 5.56 Å². The highest BCUT2D eigenvalue weighted by Gasteiger charge is 2.15. The molecule has 30 heavy (non-hydrogen) atoms. The maximum atomic E-state index is 12.3. The molecule has 0 saturated carbocycles. The predicted molar refractivity (Wildman–Crippen MR) is 117 cm³/mol. The van der Waals surface area contributed by atoms with Gasteiger partial charge in [0.1, 0.15) is 6.07 Å². The highest BCUT2D eigenvalue weighted by atomic mass is 35.5. The summed E-state index contributed by atoms with van der Waals surface area (Å²) in [6, 6.07) is 12.9. The summed E-state index contributed by atoms with van der Waals surface area (Å²) in [4.78, 5) is 16.8. The van der Waals surface area contributed by atoms with Crippen molar-refractivity contribution in [3.8, 4) is 34.0 Å². The van der Waals surface area contributed by atoms with E-state index in [9.17, 15) is 10.1 Å². The third-order valence-electron chi connectivity index (χ3n) is 4.97. The molecule has 4 aromatic rings. The van der Waals surface area contributed by atoms with Crippen LogP contribution in [0.5, 0.6) is 0 Å². The lowest BCUT2D eigenvalue weighted by Gasteiger charge is -2.10. The molecular formula is C23H18ClN5O. The summed E-state index contributed by atoms with van der Waals surface area (Å²) in [5.41, 5.74) is 5.11. The molecule has 0 unspecified atom stereocenters. The van der Waals surface area contributed by atoms with Crippen molar-refractivity contribution in [3.05, 3.63) is 87.8 Å². The number of hydrogen-bond acceptors (Lipinski definition) is 4. The summed E-state index contributed by atoms with van der Waals surface area (Å²) in [7, 11) is 1.71. The maximum absolute atomic E-state index is 12.3. The first-order valence-electron chi connectivity index (χ1n) is 9.41. The first-order chi connectivity index (χ1) is 14.5. The molecular weight excluding hydrogens is 398 g/mol. The van der Waals surface area contributed by atoms with Crippen LogP contribution in [0.2, 0.25) is 5.02 Å². The fourth-order valence-electron chi connectivity index (χ4n) is 3.30. The van der Waals surface area contributed by atoms with Crippen molar-refractivity contribution >= 4 is 11.6 Å². The molecule has 0 aliphatic heterocycles. The maximum Gasteiger partial charge on any atom is 0.250 e. The molecule has 0 atom stereocenters. The van der Waals surface area contributed by atoms with E-state index in [1.54, 1.807) is 54.6 Å². The number of halogens is 1. The Labute approximate surface area is 178 Å². The van der Waals surface area contributed by atoms with Crippen LogP contribution in [0.3, 0.4) is 0 Å². The molecule has 0 saturated heterocycles. The third kappa shape index (κ3) is 3.51. The zero-order chi connectivity index (χ0) is 21.3. The van der Waals surface area contributed by atoms with Gasteiger partial charge < -0.3 is 4.57 Å². The zero-order valence-electron chi connectivity index (χ0n) is 16.5. The molecule has 0 aliphatic rings. The van der Waals surface area contributed by atoms with Gasteiger partial charge in [0, 0.05) is 54.1 Å². The second kappa shape index (κ2) is 7.97. The Morgan fingerprint density at radius 3 is 2.63 bits per heavy atom. The Morgan fingerprint density at radius 2 is 1.93 bits per heavy atom. The van der Waals surface area contributed by atoms with Gasteiger partial charge in [-0.05, 0) is 30.2 Å². The van der Waals surface area contributed by atoms with Gasteiger partial charge in [0.05, 0.1) is 22.5 Å². The van der Waals surface area contributed by atoms with Gasteiger partial charge in [0.15, 0.2) is 0 Å². The van der Waals surface area contributed by atoms with Gasteiger partial charge in [0.25, 0.3) is 5.56 Å². The smallest absolute Gasteiger partial charge is 0.250 e. The second-order valence-corrected chi connectivity index (χ2v) is 7.27. The highest BCUT2D eigenvalue weighted by molar-refractivity contribution is 6.32. The summed E-state index contributed by atoms with van der Waals surface area (Å²) >= 11 is 6.16. The first kappa shape index (κ1) is 19.6. The number of aromatic nitrogens is 4. The van der Waals surface area contributed by atoms with Crippen LogP contribution in [0.15, 0.2) is 66.0 Å². The van der Waals surface area contributed by atoms with Crippen LogP contribution < -0.4 is 5.56 Å². The molecule has 0 radical (unpaired) electrons. The average molecular weight is 416 g/mol. The minimum absolute atomic E-state index is 0.109. The van der Waals surface area contributed by atoms with Crippen molar-refractivity contribution in [1.82, 2.24) is 19.3 Å². The van der Waals surface area contributed by atoms with E-state index in [0.29, 0.717) is 16.3 Å². The lowest BCUT2D eigenvalue weighted by molar-refractivity contribution is 0.863. The van der Waals surface area contributed by atoms with E-state index in [0.717, 1.165) is 34.4 Å². The summed E-state index contributed by atoms with van der Waals surface area (Å²) in [5.74, 6) is 0. The van der Waals surface area contributed by atoms with Crippen molar-refractivity contribution in [2.75, 3.05) is 0 Å². The fourth-order valence-corrected chi connectivity index (χ4v) is 3.51. The lowest BCUT2D eigenvalue weighted by Crippen LogP contribution is -2.15. The summed E-state index contributed by atoms with van der Waals surface area (Å²) in [5, 5.41) is 14.3. The van der Waals surface area contributed by atoms with E-state index < -0.39 is 0 Å². The SMILES string of the molecule is CCc1ccc(-c2cc(=O)n(C)cc2-c2cnn(-c3cccc(Cl)c3C#N)c2)cn1. The summed E-state index contributed by atoms with van der Waals surface area (Å²) in [6.07, 6.45) is 7.95. The average Bonchev–Trinajstić information content (AvgIpc) is 3.25. The van der Waals surface area contributed by atoms with Crippen molar-refractivity contribution in [2.45, 2.75) is 13.3 Å². The van der Waals surface area contributed by atoms with E-state index in [4.69, 9.17) is 11.6 Å². The van der Waals surface area contributed by atoms with Gasteiger partial charge in [-0.15, -0.1) is 0 Å². The van der Waals surface area contributed by atoms with Crippen molar-refractivity contribution in [2.24, 2.45) is 7.05 Å². The molecule has 0 bridgehead atoms. The largest absolute Gasteiger partial charge is 0.318 e. The molecule has 0 aliphatic carbocycles. The normalized spacial score (nSPS) is 10.7. The van der Waals surface area contributed by atoms with Gasteiger partial charge in [-0.3, -0.25) is 9.78 Å². The highest BCUT2D eigenvalue weighted by Crippen LogP contribution is 2.31. The van der Waals surface area contributed by atoms with Gasteiger partial charge >= 0.3 is 0 Å². The van der Waals surface area contributed by atoms with Crippen molar-refractivity contribution in [3.63, 3.8) is 0 Å². The summed E-state index contributed by atoms with van der Waals surface area (Å²) < 4.78 is 3.15. The van der Waals surface area contributed by atoms with Crippen LogP contribution in [0.4, 0.5) is 0 Å². The lowest BCUT2D eigenvalue weighted by atomic mass is 9.99. The van der Waals surface area contributed by atoms with Crippen LogP contribution in [0, 0.1) is 11.3 Å². The molecule has 1 aromatic carbocycles. The number of benzene rings is 1. The number of rotatable bonds is 4. The number of aryl methyl sites for hydroxylation is 2. The molecule has 148 valence electrons. The minimum atomic E-state index is -0.109. The van der Waals surface area contributed by atoms with E-state index >= 15 is 0 Å². The summed E-state index contributed by atoms with van der Waals surface area (Å²) in [6.45, 7) is 2.05. The topological polar surface area (TPSA) is 76.5 Å². The number of hydrogen-bond donors (Lipinski definition) is 0. The quantitative estimate of drug-likeness (QED) is 0.495. The molecule has 3 aromatic heterocycles. The molecule has 4 rings (SSSR count). The Kier molecular flexibility index (Phi) is 5.21. The molecule has 3 heterocycles. The monoisotopic (exact) mass is 415 g/mol. The molecule has 0 N–H and O–H groups in total. The van der Waals surface area contributed by atoms with Gasteiger partial charge in [0.2, 0.25) is 0 Å². The Bertz CT molecular complexity index is 1330. The Morgan fingerprint density at radius 1 is 1.10 bits per heavy atom. The standard InChI is InChI=1S/C23H18ClN5O/c1-3-17-8-7-15(11-26-17)18-9-23(30)28(2)14-20(18)16-12-27-29(13-16)22-6-4-5-21(24)19(22)10-25/h4-9,11-14H,3H2,1-2H3. The van der Waals surface area contributed by atoms with Crippen molar-refractivity contribution < 1.29 is 0 Å². The Hall–Kier alpha value is -3.69. The van der Waals surface area contributed by atoms with Gasteiger partial charge in [-0.25, -0.2) is 4.68 Å². The number of nitriles is 1. The van der Waals surface area contributed by atoms with E-state index in [1.165, 1.54) is 4.57 Å². The van der Waals surface area contributed by atoms with Crippen molar-refractivity contribution in [1.29, 1.82) is 5.26 Å². The minimum Gasteiger partial charge on any atom is -0.318 e. The number of pyridine rings is 2. The van der Waals surface area contributed by atoms with Crippen LogP contribution in [0.1, 0.15) is 18.2 Å². The number of nitrogens with zero attached hydrogens (tertiary/aromatic N) is 5. The van der Waals surface area contributed by atoms with Crippen LogP contribution >= 0.6 is 11.6 Å². The molecule has 0 amide bonds. The van der Waals surface area contributed by atoms with Gasteiger partial charge in [-0.2, -0.15) is 10.4 Å². The van der Waals surface area contributed by atoms with Crippen LogP contribution in [-0.2, 0) is 13.5 Å².